The van der Waals surface area contributed by atoms with Crippen LogP contribution >= 0.6 is 0 Å². The molecule has 1 atom stereocenters. The topological polar surface area (TPSA) is 55.1 Å². The summed E-state index contributed by atoms with van der Waals surface area (Å²) in [5.74, 6) is 5.24. The van der Waals surface area contributed by atoms with Crippen LogP contribution in [0.15, 0.2) is 30.3 Å². The van der Waals surface area contributed by atoms with Crippen molar-refractivity contribution in [2.45, 2.75) is 13.0 Å². The van der Waals surface area contributed by atoms with Gasteiger partial charge in [-0.1, -0.05) is 36.3 Å². The van der Waals surface area contributed by atoms with Crippen molar-refractivity contribution in [3.63, 3.8) is 0 Å². The van der Waals surface area contributed by atoms with Crippen molar-refractivity contribution in [1.29, 1.82) is 0 Å². The van der Waals surface area contributed by atoms with E-state index in [1.807, 2.05) is 30.3 Å². The zero-order valence-corrected chi connectivity index (χ0v) is 8.66. The summed E-state index contributed by atoms with van der Waals surface area (Å²) >= 11 is 0. The van der Waals surface area contributed by atoms with Crippen LogP contribution in [0.1, 0.15) is 18.5 Å². The van der Waals surface area contributed by atoms with Crippen molar-refractivity contribution in [2.24, 2.45) is 5.73 Å². The molecule has 0 heterocycles. The minimum atomic E-state index is -0.621. The molecule has 1 aromatic rings. The molecule has 0 fully saturated rings. The van der Waals surface area contributed by atoms with Crippen LogP contribution < -0.4 is 11.1 Å². The predicted molar refractivity (Wildman–Crippen MR) is 59.8 cm³/mol. The summed E-state index contributed by atoms with van der Waals surface area (Å²) in [7, 11) is 0. The Balaban J connectivity index is 2.56. The molecule has 0 aliphatic carbocycles. The van der Waals surface area contributed by atoms with Gasteiger partial charge in [0.15, 0.2) is 0 Å². The number of nitrogens with one attached hydrogen (secondary N) is 1. The SMILES string of the molecule is CC#CCNC(=O)[C@H](N)c1ccccc1. The lowest BCUT2D eigenvalue weighted by Crippen LogP contribution is -2.34. The normalized spacial score (nSPS) is 11.1. The highest BCUT2D eigenvalue weighted by Crippen LogP contribution is 2.08. The Morgan fingerprint density at radius 3 is 2.73 bits per heavy atom. The molecule has 0 radical (unpaired) electrons. The van der Waals surface area contributed by atoms with Crippen LogP contribution in [0.3, 0.4) is 0 Å². The molecule has 1 rings (SSSR count). The second-order valence-corrected chi connectivity index (χ2v) is 3.03. The van der Waals surface area contributed by atoms with Crippen LogP contribution in [0.5, 0.6) is 0 Å². The second kappa shape index (κ2) is 5.84. The van der Waals surface area contributed by atoms with Gasteiger partial charge in [0, 0.05) is 0 Å². The summed E-state index contributed by atoms with van der Waals surface area (Å²) < 4.78 is 0. The highest BCUT2D eigenvalue weighted by molar-refractivity contribution is 5.83. The molecule has 0 saturated heterocycles. The summed E-state index contributed by atoms with van der Waals surface area (Å²) in [6, 6.07) is 8.63. The Kier molecular flexibility index (Phi) is 4.39. The molecule has 1 amide bonds. The van der Waals surface area contributed by atoms with Crippen LogP contribution in [0.4, 0.5) is 0 Å². The standard InChI is InChI=1S/C12H14N2O/c1-2-3-9-14-12(15)11(13)10-7-5-4-6-8-10/h4-8,11H,9,13H2,1H3,(H,14,15)/t11-/m1/s1. The quantitative estimate of drug-likeness (QED) is 0.713. The van der Waals surface area contributed by atoms with Gasteiger partial charge in [-0.25, -0.2) is 0 Å². The van der Waals surface area contributed by atoms with E-state index in [2.05, 4.69) is 17.2 Å². The van der Waals surface area contributed by atoms with E-state index in [1.165, 1.54) is 0 Å². The van der Waals surface area contributed by atoms with Gasteiger partial charge in [0.25, 0.3) is 0 Å². The Hall–Kier alpha value is -1.79. The lowest BCUT2D eigenvalue weighted by molar-refractivity contribution is -0.122. The van der Waals surface area contributed by atoms with Crippen molar-refractivity contribution in [3.05, 3.63) is 35.9 Å². The number of benzene rings is 1. The molecule has 0 bridgehead atoms. The maximum Gasteiger partial charge on any atom is 0.242 e. The molecular weight excluding hydrogens is 188 g/mol. The molecule has 15 heavy (non-hydrogen) atoms. The number of amides is 1. The van der Waals surface area contributed by atoms with Gasteiger partial charge < -0.3 is 11.1 Å². The van der Waals surface area contributed by atoms with E-state index in [0.717, 1.165) is 5.56 Å². The maximum absolute atomic E-state index is 11.5. The second-order valence-electron chi connectivity index (χ2n) is 3.03. The minimum absolute atomic E-state index is 0.205. The monoisotopic (exact) mass is 202 g/mol. The van der Waals surface area contributed by atoms with Gasteiger partial charge in [0.2, 0.25) is 5.91 Å². The van der Waals surface area contributed by atoms with Crippen molar-refractivity contribution in [3.8, 4) is 11.8 Å². The van der Waals surface area contributed by atoms with Crippen LogP contribution in [0.2, 0.25) is 0 Å². The third-order valence-electron chi connectivity index (χ3n) is 1.97. The summed E-state index contributed by atoms with van der Waals surface area (Å²) in [4.78, 5) is 11.5. The van der Waals surface area contributed by atoms with Crippen molar-refractivity contribution in [2.75, 3.05) is 6.54 Å². The molecule has 0 saturated carbocycles. The van der Waals surface area contributed by atoms with Gasteiger partial charge in [0.05, 0.1) is 6.54 Å². The first-order valence-electron chi connectivity index (χ1n) is 4.73. The zero-order chi connectivity index (χ0) is 11.1. The Bertz CT molecular complexity index is 376. The molecule has 3 heteroatoms. The first-order valence-corrected chi connectivity index (χ1v) is 4.73. The summed E-state index contributed by atoms with van der Waals surface area (Å²) in [6.07, 6.45) is 0. The van der Waals surface area contributed by atoms with E-state index < -0.39 is 6.04 Å². The number of nitrogens with two attached hydrogens (primary N) is 1. The minimum Gasteiger partial charge on any atom is -0.344 e. The molecule has 78 valence electrons. The van der Waals surface area contributed by atoms with E-state index in [1.54, 1.807) is 6.92 Å². The highest BCUT2D eigenvalue weighted by Gasteiger charge is 2.13. The molecule has 0 aliphatic heterocycles. The van der Waals surface area contributed by atoms with E-state index in [4.69, 9.17) is 5.73 Å². The van der Waals surface area contributed by atoms with Crippen LogP contribution in [-0.2, 0) is 4.79 Å². The zero-order valence-electron chi connectivity index (χ0n) is 8.66. The van der Waals surface area contributed by atoms with Crippen molar-refractivity contribution in [1.82, 2.24) is 5.32 Å². The molecule has 0 aromatic heterocycles. The Labute approximate surface area is 89.7 Å². The Morgan fingerprint density at radius 2 is 2.13 bits per heavy atom. The van der Waals surface area contributed by atoms with E-state index >= 15 is 0 Å². The number of rotatable bonds is 3. The smallest absolute Gasteiger partial charge is 0.242 e. The summed E-state index contributed by atoms with van der Waals surface area (Å²) in [6.45, 7) is 2.07. The van der Waals surface area contributed by atoms with E-state index in [-0.39, 0.29) is 5.91 Å². The number of hydrogen-bond acceptors (Lipinski definition) is 2. The molecular formula is C12H14N2O. The molecule has 0 spiro atoms. The lowest BCUT2D eigenvalue weighted by atomic mass is 10.1. The first kappa shape index (κ1) is 11.3. The fraction of sp³-hybridized carbons (Fsp3) is 0.250. The fourth-order valence-electron chi connectivity index (χ4n) is 1.14. The largest absolute Gasteiger partial charge is 0.344 e. The van der Waals surface area contributed by atoms with Crippen molar-refractivity contribution < 1.29 is 4.79 Å². The molecule has 1 aromatic carbocycles. The first-order chi connectivity index (χ1) is 7.25. The lowest BCUT2D eigenvalue weighted by Gasteiger charge is -2.10. The van der Waals surface area contributed by atoms with Gasteiger partial charge in [-0.3, -0.25) is 4.79 Å². The number of carbonyl (C=O) groups is 1. The van der Waals surface area contributed by atoms with Crippen LogP contribution in [0, 0.1) is 11.8 Å². The number of carbonyl (C=O) groups excluding carboxylic acids is 1. The average molecular weight is 202 g/mol. The van der Waals surface area contributed by atoms with Gasteiger partial charge in [-0.05, 0) is 12.5 Å². The van der Waals surface area contributed by atoms with Gasteiger partial charge in [0.1, 0.15) is 6.04 Å². The average Bonchev–Trinajstić information content (AvgIpc) is 2.29. The molecule has 3 nitrogen and oxygen atoms in total. The van der Waals surface area contributed by atoms with Crippen LogP contribution in [-0.4, -0.2) is 12.5 Å². The fourth-order valence-corrected chi connectivity index (χ4v) is 1.14. The molecule has 0 unspecified atom stereocenters. The third-order valence-corrected chi connectivity index (χ3v) is 1.97. The highest BCUT2D eigenvalue weighted by atomic mass is 16.2. The third kappa shape index (κ3) is 3.45. The number of hydrogen-bond donors (Lipinski definition) is 2. The predicted octanol–water partition coefficient (Wildman–Crippen LogP) is 0.826. The van der Waals surface area contributed by atoms with Crippen LogP contribution in [0.25, 0.3) is 0 Å². The van der Waals surface area contributed by atoms with E-state index in [9.17, 15) is 4.79 Å². The maximum atomic E-state index is 11.5. The summed E-state index contributed by atoms with van der Waals surface area (Å²) in [5.41, 5.74) is 6.57. The molecule has 3 N–H and O–H groups in total. The van der Waals surface area contributed by atoms with Gasteiger partial charge in [-0.2, -0.15) is 0 Å². The molecule has 0 aliphatic rings. The van der Waals surface area contributed by atoms with E-state index in [0.29, 0.717) is 6.54 Å². The van der Waals surface area contributed by atoms with Gasteiger partial charge in [-0.15, -0.1) is 5.92 Å². The van der Waals surface area contributed by atoms with Crippen molar-refractivity contribution >= 4 is 5.91 Å². The Morgan fingerprint density at radius 1 is 1.47 bits per heavy atom. The summed E-state index contributed by atoms with van der Waals surface area (Å²) in [5, 5.41) is 2.64. The van der Waals surface area contributed by atoms with Gasteiger partial charge >= 0.3 is 0 Å².